The second-order valence-corrected chi connectivity index (χ2v) is 6.48. The lowest BCUT2D eigenvalue weighted by molar-refractivity contribution is -0.104. The van der Waals surface area contributed by atoms with Gasteiger partial charge in [-0.2, -0.15) is 0 Å². The third-order valence-corrected chi connectivity index (χ3v) is 4.40. The van der Waals surface area contributed by atoms with E-state index in [-0.39, 0.29) is 18.3 Å². The molecule has 0 aliphatic carbocycles. The van der Waals surface area contributed by atoms with Gasteiger partial charge < -0.3 is 20.9 Å². The van der Waals surface area contributed by atoms with Crippen LogP contribution in [-0.4, -0.2) is 42.5 Å². The van der Waals surface area contributed by atoms with Gasteiger partial charge in [0.1, 0.15) is 24.4 Å². The van der Waals surface area contributed by atoms with E-state index < -0.39 is 12.2 Å². The number of allylic oxidation sites excluding steroid dienone is 1. The van der Waals surface area contributed by atoms with E-state index in [1.807, 2.05) is 31.2 Å². The first-order valence-electron chi connectivity index (χ1n) is 8.82. The van der Waals surface area contributed by atoms with Crippen molar-refractivity contribution in [1.29, 1.82) is 5.41 Å². The van der Waals surface area contributed by atoms with Gasteiger partial charge in [0.2, 0.25) is 0 Å². The van der Waals surface area contributed by atoms with E-state index in [0.29, 0.717) is 18.5 Å². The number of pyridine rings is 1. The molecule has 1 saturated heterocycles. The van der Waals surface area contributed by atoms with Crippen molar-refractivity contribution in [3.8, 4) is 11.1 Å². The highest BCUT2D eigenvalue weighted by Gasteiger charge is 2.33. The fourth-order valence-corrected chi connectivity index (χ4v) is 2.97. The molecule has 1 atom stereocenters. The molecule has 1 aromatic heterocycles. The quantitative estimate of drug-likeness (QED) is 0.213. The van der Waals surface area contributed by atoms with Crippen molar-refractivity contribution in [2.45, 2.75) is 13.0 Å². The van der Waals surface area contributed by atoms with Gasteiger partial charge in [-0.3, -0.25) is 20.1 Å². The normalized spacial score (nSPS) is 16.4. The monoisotopic (exact) mass is 395 g/mol. The van der Waals surface area contributed by atoms with Crippen LogP contribution in [0.5, 0.6) is 0 Å². The van der Waals surface area contributed by atoms with Crippen LogP contribution in [0.2, 0.25) is 0 Å². The first kappa shape index (κ1) is 19.9. The fraction of sp³-hybridized carbons (Fsp3) is 0.200. The number of aldehydes is 1. The molecular formula is C20H21N5O4. The highest BCUT2D eigenvalue weighted by Crippen LogP contribution is 2.29. The fourth-order valence-electron chi connectivity index (χ4n) is 2.97. The van der Waals surface area contributed by atoms with E-state index >= 15 is 0 Å². The van der Waals surface area contributed by atoms with E-state index in [1.165, 1.54) is 4.90 Å². The molecule has 1 amide bonds. The van der Waals surface area contributed by atoms with Gasteiger partial charge in [-0.15, -0.1) is 0 Å². The summed E-state index contributed by atoms with van der Waals surface area (Å²) >= 11 is 0. The number of nitrogens with zero attached hydrogens (tertiary/aromatic N) is 2. The molecule has 3 rings (SSSR count). The zero-order valence-electron chi connectivity index (χ0n) is 15.8. The number of nitrogens with two attached hydrogens (primary N) is 2. The number of amides is 1. The van der Waals surface area contributed by atoms with Gasteiger partial charge >= 0.3 is 6.09 Å². The Hall–Kier alpha value is -3.88. The van der Waals surface area contributed by atoms with E-state index in [9.17, 15) is 9.59 Å². The van der Waals surface area contributed by atoms with Crippen LogP contribution in [0.25, 0.3) is 11.1 Å². The van der Waals surface area contributed by atoms with Crippen molar-refractivity contribution in [1.82, 2.24) is 4.98 Å². The highest BCUT2D eigenvalue weighted by molar-refractivity contribution is 5.93. The van der Waals surface area contributed by atoms with Gasteiger partial charge in [0, 0.05) is 17.8 Å². The number of carbonyl (C=O) groups is 2. The molecule has 1 aliphatic heterocycles. The maximum Gasteiger partial charge on any atom is 0.414 e. The van der Waals surface area contributed by atoms with E-state index in [0.717, 1.165) is 28.5 Å². The first-order chi connectivity index (χ1) is 13.9. The molecule has 1 aliphatic rings. The molecule has 1 fully saturated rings. The molecule has 1 aromatic carbocycles. The summed E-state index contributed by atoms with van der Waals surface area (Å²) in [4.78, 5) is 28.3. The predicted molar refractivity (Wildman–Crippen MR) is 107 cm³/mol. The average Bonchev–Trinajstić information content (AvgIpc) is 3.07. The van der Waals surface area contributed by atoms with Crippen LogP contribution in [-0.2, 0) is 14.3 Å². The Kier molecular flexibility index (Phi) is 5.77. The van der Waals surface area contributed by atoms with Gasteiger partial charge in [-0.25, -0.2) is 4.79 Å². The Labute approximate surface area is 167 Å². The number of hydrogen-bond donors (Lipinski definition) is 3. The summed E-state index contributed by atoms with van der Waals surface area (Å²) in [7, 11) is 0. The number of cyclic esters (lactones) is 1. The molecule has 0 radical (unpaired) electrons. The molecule has 9 nitrogen and oxygen atoms in total. The highest BCUT2D eigenvalue weighted by atomic mass is 16.6. The zero-order chi connectivity index (χ0) is 21.0. The first-order valence-corrected chi connectivity index (χ1v) is 8.82. The molecule has 9 heteroatoms. The lowest BCUT2D eigenvalue weighted by atomic mass is 10.0. The Morgan fingerprint density at radius 1 is 1.34 bits per heavy atom. The van der Waals surface area contributed by atoms with Gasteiger partial charge in [0.15, 0.2) is 12.0 Å². The summed E-state index contributed by atoms with van der Waals surface area (Å²) in [6.07, 6.45) is 2.30. The second kappa shape index (κ2) is 8.42. The maximum absolute atomic E-state index is 12.3. The smallest absolute Gasteiger partial charge is 0.414 e. The minimum absolute atomic E-state index is 0.0283. The average molecular weight is 395 g/mol. The van der Waals surface area contributed by atoms with Gasteiger partial charge in [0.25, 0.3) is 0 Å². The molecule has 5 N–H and O–H groups in total. The molecule has 150 valence electrons. The van der Waals surface area contributed by atoms with Crippen LogP contribution in [0.15, 0.2) is 48.5 Å². The maximum atomic E-state index is 12.3. The Morgan fingerprint density at radius 3 is 2.72 bits per heavy atom. The number of anilines is 1. The minimum Gasteiger partial charge on any atom is -0.475 e. The summed E-state index contributed by atoms with van der Waals surface area (Å²) in [5.74, 6) is -0.114. The lowest BCUT2D eigenvalue weighted by Gasteiger charge is -2.17. The number of benzene rings is 1. The minimum atomic E-state index is -0.497. The third kappa shape index (κ3) is 4.52. The summed E-state index contributed by atoms with van der Waals surface area (Å²) in [6, 6.07) is 9.20. The van der Waals surface area contributed by atoms with Crippen molar-refractivity contribution in [2.24, 2.45) is 11.5 Å². The zero-order valence-corrected chi connectivity index (χ0v) is 15.8. The number of carbonyl (C=O) groups excluding carboxylic acids is 2. The van der Waals surface area contributed by atoms with E-state index in [1.54, 1.807) is 12.3 Å². The van der Waals surface area contributed by atoms with Gasteiger partial charge in [-0.1, -0.05) is 12.1 Å². The van der Waals surface area contributed by atoms with E-state index in [2.05, 4.69) is 4.98 Å². The molecule has 0 bridgehead atoms. The predicted octanol–water partition coefficient (Wildman–Crippen LogP) is 1.68. The lowest BCUT2D eigenvalue weighted by Crippen LogP contribution is -2.26. The number of rotatable bonds is 7. The van der Waals surface area contributed by atoms with Gasteiger partial charge in [-0.05, 0) is 36.2 Å². The molecule has 0 saturated carbocycles. The molecule has 29 heavy (non-hydrogen) atoms. The van der Waals surface area contributed by atoms with Crippen molar-refractivity contribution in [3.63, 3.8) is 0 Å². The van der Waals surface area contributed by atoms with Crippen molar-refractivity contribution < 1.29 is 19.1 Å². The Morgan fingerprint density at radius 2 is 2.10 bits per heavy atom. The molecular weight excluding hydrogens is 374 g/mol. The standard InChI is InChI=1S/C20H21N5O4/c1-12-8-13(14-2-4-16(19(22)23)24-9-14)3-5-17(12)25-10-15(29-20(25)27)11-28-18(21)6-7-26/h2-9,15H,10-11,21H2,1H3,(H3,22,23)/b18-6+. The Balaban J connectivity index is 1.73. The number of hydrogen-bond acceptors (Lipinski definition) is 7. The van der Waals surface area contributed by atoms with Crippen LogP contribution in [0.4, 0.5) is 10.5 Å². The topological polar surface area (TPSA) is 145 Å². The van der Waals surface area contributed by atoms with Crippen LogP contribution < -0.4 is 16.4 Å². The summed E-state index contributed by atoms with van der Waals surface area (Å²) in [6.45, 7) is 2.27. The number of nitrogen functional groups attached to an aromatic ring is 1. The van der Waals surface area contributed by atoms with Crippen molar-refractivity contribution in [3.05, 3.63) is 59.7 Å². The van der Waals surface area contributed by atoms with Crippen LogP contribution in [0.1, 0.15) is 11.3 Å². The largest absolute Gasteiger partial charge is 0.475 e. The summed E-state index contributed by atoms with van der Waals surface area (Å²) < 4.78 is 10.5. The van der Waals surface area contributed by atoms with Crippen molar-refractivity contribution in [2.75, 3.05) is 18.1 Å². The second-order valence-electron chi connectivity index (χ2n) is 6.48. The van der Waals surface area contributed by atoms with Gasteiger partial charge in [0.05, 0.1) is 12.2 Å². The molecule has 2 aromatic rings. The van der Waals surface area contributed by atoms with Crippen LogP contribution >= 0.6 is 0 Å². The Bertz CT molecular complexity index is 971. The number of ether oxygens (including phenoxy) is 2. The molecule has 2 heterocycles. The summed E-state index contributed by atoms with van der Waals surface area (Å²) in [5.41, 5.74) is 14.8. The third-order valence-electron chi connectivity index (χ3n) is 4.40. The molecule has 1 unspecified atom stereocenters. The SMILES string of the molecule is Cc1cc(-c2ccc(C(=N)N)nc2)ccc1N1CC(CO/C(N)=C/C=O)OC1=O. The number of aromatic nitrogens is 1. The summed E-state index contributed by atoms with van der Waals surface area (Å²) in [5, 5.41) is 7.41. The molecule has 0 spiro atoms. The number of aryl methyl sites for hydroxylation is 1. The number of amidine groups is 1. The van der Waals surface area contributed by atoms with Crippen molar-refractivity contribution >= 4 is 23.9 Å². The van der Waals surface area contributed by atoms with Crippen LogP contribution in [0, 0.1) is 12.3 Å². The number of nitrogens with one attached hydrogen (secondary N) is 1. The van der Waals surface area contributed by atoms with Crippen LogP contribution in [0.3, 0.4) is 0 Å². The van der Waals surface area contributed by atoms with E-state index in [4.69, 9.17) is 26.4 Å².